The fourth-order valence-corrected chi connectivity index (χ4v) is 2.67. The van der Waals surface area contributed by atoms with Gasteiger partial charge in [-0.05, 0) is 37.3 Å². The first kappa shape index (κ1) is 16.0. The largest absolute Gasteiger partial charge is 0.493 e. The van der Waals surface area contributed by atoms with Gasteiger partial charge in [-0.1, -0.05) is 18.5 Å². The molecular formula is C16H22ClNO3. The van der Waals surface area contributed by atoms with Crippen LogP contribution in [0.4, 0.5) is 0 Å². The van der Waals surface area contributed by atoms with Gasteiger partial charge >= 0.3 is 0 Å². The second-order valence-electron chi connectivity index (χ2n) is 5.39. The first-order chi connectivity index (χ1) is 10.1. The van der Waals surface area contributed by atoms with E-state index in [4.69, 9.17) is 21.1 Å². The third kappa shape index (κ3) is 3.82. The van der Waals surface area contributed by atoms with Crippen LogP contribution in [0.3, 0.4) is 0 Å². The Morgan fingerprint density at radius 3 is 2.57 bits per heavy atom. The summed E-state index contributed by atoms with van der Waals surface area (Å²) in [7, 11) is 3.07. The maximum atomic E-state index is 12.7. The number of amides is 1. The highest BCUT2D eigenvalue weighted by atomic mass is 35.5. The van der Waals surface area contributed by atoms with Crippen molar-refractivity contribution in [2.24, 2.45) is 5.92 Å². The summed E-state index contributed by atoms with van der Waals surface area (Å²) < 4.78 is 10.5. The van der Waals surface area contributed by atoms with Crippen LogP contribution in [-0.2, 0) is 0 Å². The van der Waals surface area contributed by atoms with E-state index in [1.165, 1.54) is 27.1 Å². The standard InChI is InChI=1S/C16H22ClNO3/c1-4-7-18(10-11-5-6-11)16(19)12-8-13(17)15(21-3)14(9-12)20-2/h8-9,11H,4-7,10H2,1-3H3. The highest BCUT2D eigenvalue weighted by Crippen LogP contribution is 2.37. The summed E-state index contributed by atoms with van der Waals surface area (Å²) in [4.78, 5) is 14.6. The fraction of sp³-hybridized carbons (Fsp3) is 0.562. The van der Waals surface area contributed by atoms with Crippen LogP contribution < -0.4 is 9.47 Å². The normalized spacial score (nSPS) is 13.9. The predicted octanol–water partition coefficient (Wildman–Crippen LogP) is 3.62. The molecule has 1 aromatic rings. The molecule has 2 rings (SSSR count). The van der Waals surface area contributed by atoms with Gasteiger partial charge < -0.3 is 14.4 Å². The maximum Gasteiger partial charge on any atom is 0.254 e. The smallest absolute Gasteiger partial charge is 0.254 e. The Bertz CT molecular complexity index is 514. The van der Waals surface area contributed by atoms with Gasteiger partial charge in [0, 0.05) is 18.7 Å². The van der Waals surface area contributed by atoms with Gasteiger partial charge in [-0.2, -0.15) is 0 Å². The number of hydrogen-bond acceptors (Lipinski definition) is 3. The van der Waals surface area contributed by atoms with E-state index in [0.717, 1.165) is 19.5 Å². The molecule has 1 fully saturated rings. The van der Waals surface area contributed by atoms with Crippen LogP contribution in [0.25, 0.3) is 0 Å². The Kier molecular flexibility index (Phi) is 5.34. The van der Waals surface area contributed by atoms with E-state index in [1.54, 1.807) is 12.1 Å². The van der Waals surface area contributed by atoms with E-state index in [1.807, 2.05) is 4.90 Å². The third-order valence-corrected chi connectivity index (χ3v) is 3.92. The van der Waals surface area contributed by atoms with Crippen molar-refractivity contribution in [3.63, 3.8) is 0 Å². The molecule has 0 atom stereocenters. The zero-order valence-electron chi connectivity index (χ0n) is 12.8. The lowest BCUT2D eigenvalue weighted by molar-refractivity contribution is 0.0747. The van der Waals surface area contributed by atoms with Gasteiger partial charge in [0.05, 0.1) is 19.2 Å². The minimum atomic E-state index is 0.00611. The van der Waals surface area contributed by atoms with Crippen molar-refractivity contribution in [2.45, 2.75) is 26.2 Å². The molecule has 0 N–H and O–H groups in total. The Balaban J connectivity index is 2.25. The number of nitrogens with zero attached hydrogens (tertiary/aromatic N) is 1. The van der Waals surface area contributed by atoms with Crippen LogP contribution >= 0.6 is 11.6 Å². The van der Waals surface area contributed by atoms with Gasteiger partial charge in [-0.25, -0.2) is 0 Å². The lowest BCUT2D eigenvalue weighted by Crippen LogP contribution is -2.33. The van der Waals surface area contributed by atoms with Crippen molar-refractivity contribution in [1.29, 1.82) is 0 Å². The number of methoxy groups -OCH3 is 2. The van der Waals surface area contributed by atoms with Gasteiger partial charge in [0.15, 0.2) is 11.5 Å². The number of carbonyl (C=O) groups is 1. The van der Waals surface area contributed by atoms with Gasteiger partial charge in [-0.3, -0.25) is 4.79 Å². The van der Waals surface area contributed by atoms with Crippen LogP contribution in [0, 0.1) is 5.92 Å². The molecule has 0 aliphatic heterocycles. The van der Waals surface area contributed by atoms with Crippen LogP contribution in [-0.4, -0.2) is 38.1 Å². The van der Waals surface area contributed by atoms with E-state index >= 15 is 0 Å². The van der Waals surface area contributed by atoms with E-state index < -0.39 is 0 Å². The molecule has 1 aromatic carbocycles. The highest BCUT2D eigenvalue weighted by molar-refractivity contribution is 6.32. The molecule has 0 heterocycles. The molecule has 0 spiro atoms. The second-order valence-corrected chi connectivity index (χ2v) is 5.80. The molecule has 21 heavy (non-hydrogen) atoms. The summed E-state index contributed by atoms with van der Waals surface area (Å²) in [5.74, 6) is 1.61. The van der Waals surface area contributed by atoms with E-state index in [9.17, 15) is 4.79 Å². The minimum absolute atomic E-state index is 0.00611. The molecule has 0 aromatic heterocycles. The average Bonchev–Trinajstić information content (AvgIpc) is 3.29. The monoisotopic (exact) mass is 311 g/mol. The van der Waals surface area contributed by atoms with Crippen LogP contribution in [0.15, 0.2) is 12.1 Å². The van der Waals surface area contributed by atoms with Gasteiger partial charge in [0.1, 0.15) is 0 Å². The van der Waals surface area contributed by atoms with Crippen LogP contribution in [0.5, 0.6) is 11.5 Å². The van der Waals surface area contributed by atoms with Crippen molar-refractivity contribution in [3.8, 4) is 11.5 Å². The van der Waals surface area contributed by atoms with Crippen molar-refractivity contribution < 1.29 is 14.3 Å². The first-order valence-electron chi connectivity index (χ1n) is 7.31. The number of ether oxygens (including phenoxy) is 2. The van der Waals surface area contributed by atoms with Crippen LogP contribution in [0.2, 0.25) is 5.02 Å². The van der Waals surface area contributed by atoms with Crippen LogP contribution in [0.1, 0.15) is 36.5 Å². The number of halogens is 1. The molecule has 1 amide bonds. The molecule has 1 saturated carbocycles. The van der Waals surface area contributed by atoms with Crippen molar-refractivity contribution in [1.82, 2.24) is 4.90 Å². The number of hydrogen-bond donors (Lipinski definition) is 0. The van der Waals surface area contributed by atoms with Gasteiger partial charge in [0.2, 0.25) is 0 Å². The Labute approximate surface area is 131 Å². The molecule has 0 bridgehead atoms. The quantitative estimate of drug-likeness (QED) is 0.772. The van der Waals surface area contributed by atoms with E-state index in [-0.39, 0.29) is 5.91 Å². The van der Waals surface area contributed by atoms with Crippen molar-refractivity contribution in [3.05, 3.63) is 22.7 Å². The SMILES string of the molecule is CCCN(CC1CC1)C(=O)c1cc(Cl)c(OC)c(OC)c1. The fourth-order valence-electron chi connectivity index (χ4n) is 2.38. The Hall–Kier alpha value is -1.42. The summed E-state index contributed by atoms with van der Waals surface area (Å²) in [5, 5.41) is 0.392. The first-order valence-corrected chi connectivity index (χ1v) is 7.69. The Morgan fingerprint density at radius 2 is 2.05 bits per heavy atom. The average molecular weight is 312 g/mol. The highest BCUT2D eigenvalue weighted by Gasteiger charge is 2.27. The lowest BCUT2D eigenvalue weighted by Gasteiger charge is -2.23. The summed E-state index contributed by atoms with van der Waals surface area (Å²) in [6.45, 7) is 3.68. The zero-order chi connectivity index (χ0) is 15.4. The molecule has 0 unspecified atom stereocenters. The summed E-state index contributed by atoms with van der Waals surface area (Å²) in [5.41, 5.74) is 0.548. The molecule has 116 valence electrons. The summed E-state index contributed by atoms with van der Waals surface area (Å²) in [6, 6.07) is 3.35. The third-order valence-electron chi connectivity index (χ3n) is 3.64. The van der Waals surface area contributed by atoms with E-state index in [0.29, 0.717) is 28.0 Å². The second kappa shape index (κ2) is 7.03. The molecule has 0 saturated heterocycles. The molecular weight excluding hydrogens is 290 g/mol. The number of rotatable bonds is 7. The maximum absolute atomic E-state index is 12.7. The predicted molar refractivity (Wildman–Crippen MR) is 83.5 cm³/mol. The lowest BCUT2D eigenvalue weighted by atomic mass is 10.1. The topological polar surface area (TPSA) is 38.8 Å². The molecule has 1 aliphatic rings. The minimum Gasteiger partial charge on any atom is -0.493 e. The molecule has 0 radical (unpaired) electrons. The van der Waals surface area contributed by atoms with E-state index in [2.05, 4.69) is 6.92 Å². The summed E-state index contributed by atoms with van der Waals surface area (Å²) >= 11 is 6.18. The van der Waals surface area contributed by atoms with Gasteiger partial charge in [0.25, 0.3) is 5.91 Å². The number of benzene rings is 1. The molecule has 1 aliphatic carbocycles. The van der Waals surface area contributed by atoms with Crippen molar-refractivity contribution in [2.75, 3.05) is 27.3 Å². The number of carbonyl (C=O) groups excluding carboxylic acids is 1. The zero-order valence-corrected chi connectivity index (χ0v) is 13.6. The molecule has 4 nitrogen and oxygen atoms in total. The summed E-state index contributed by atoms with van der Waals surface area (Å²) in [6.07, 6.45) is 3.39. The Morgan fingerprint density at radius 1 is 1.33 bits per heavy atom. The van der Waals surface area contributed by atoms with Gasteiger partial charge in [-0.15, -0.1) is 0 Å². The molecule has 5 heteroatoms. The van der Waals surface area contributed by atoms with Crippen molar-refractivity contribution >= 4 is 17.5 Å².